The zero-order valence-corrected chi connectivity index (χ0v) is 52.5. The zero-order chi connectivity index (χ0) is 61.8. The van der Waals surface area contributed by atoms with Crippen LogP contribution < -0.4 is 20.9 Å². The average Bonchev–Trinajstić information content (AvgIpc) is 1.86. The van der Waals surface area contributed by atoms with Crippen LogP contribution in [0.5, 0.6) is 0 Å². The molecule has 4 saturated heterocycles. The van der Waals surface area contributed by atoms with Crippen molar-refractivity contribution in [3.63, 3.8) is 0 Å². The number of anilines is 1. The van der Waals surface area contributed by atoms with Gasteiger partial charge in [0.25, 0.3) is 5.91 Å². The molecule has 1 aromatic heterocycles. The molecule has 4 aromatic rings. The van der Waals surface area contributed by atoms with E-state index in [1.165, 1.54) is 18.5 Å². The molecule has 476 valence electrons. The van der Waals surface area contributed by atoms with Gasteiger partial charge in [0.15, 0.2) is 0 Å². The van der Waals surface area contributed by atoms with Gasteiger partial charge in [0.05, 0.1) is 30.8 Å². The number of hydrogen-bond acceptors (Lipinski definition) is 13. The van der Waals surface area contributed by atoms with Crippen molar-refractivity contribution in [2.75, 3.05) is 123 Å². The molecular formula is C67H91ClF2N12O6. The number of nitrogens with one attached hydrogen (secondary N) is 3. The van der Waals surface area contributed by atoms with Crippen LogP contribution in [0, 0.1) is 23.5 Å². The number of likely N-dealkylation sites (tertiary alicyclic amines) is 2. The molecule has 1 saturated carbocycles. The lowest BCUT2D eigenvalue weighted by molar-refractivity contribution is -0.137. The molecule has 2 aliphatic carbocycles. The van der Waals surface area contributed by atoms with Gasteiger partial charge in [-0.2, -0.15) is 0 Å². The summed E-state index contributed by atoms with van der Waals surface area (Å²) in [6.07, 6.45) is 10.2. The van der Waals surface area contributed by atoms with Gasteiger partial charge in [-0.1, -0.05) is 68.1 Å². The Labute approximate surface area is 523 Å². The number of nitrogens with zero attached hydrogens (tertiary/aromatic N) is 9. The summed E-state index contributed by atoms with van der Waals surface area (Å²) in [5, 5.41) is 20.6. The first-order valence-corrected chi connectivity index (χ1v) is 32.8. The molecular weight excluding hydrogens is 1140 g/mol. The van der Waals surface area contributed by atoms with Crippen LogP contribution in [-0.4, -0.2) is 204 Å². The summed E-state index contributed by atoms with van der Waals surface area (Å²) >= 11 is 6.34. The third-order valence-electron chi connectivity index (χ3n) is 19.6. The Morgan fingerprint density at radius 3 is 2.23 bits per heavy atom. The van der Waals surface area contributed by atoms with Gasteiger partial charge >= 0.3 is 0 Å². The van der Waals surface area contributed by atoms with Crippen molar-refractivity contribution in [1.82, 2.24) is 55.3 Å². The van der Waals surface area contributed by atoms with E-state index >= 15 is 0 Å². The highest BCUT2D eigenvalue weighted by Crippen LogP contribution is 2.43. The standard InChI is InChI=1S/C67H91ClF2N12O6/c1-45(2)81(42-56(48-14-17-54(68)18-15-48)66(87)79-33-31-78(32-34-79)64-61-46(3)35-58(83)63(61)73-44-74-64)26-22-72-59(84)43-76-24-20-47(21-25-76)40-77-27-29-80(30-28-77)67(88)62(49-9-5-4-6-10-49)75-65(86)51-12-7-11-50(36-51)53-13-8-23-82(41-53)60(85)39-71-38-52-16-19-55(69)37-57(52)70/h7,11-12,14-19,36-37,44-47,49,53,56,58,62,71,83H,4-6,8-10,13,20-35,38-43H2,1-3H3,(H,72,84)(H,75,86)/t46-,53?,56-,58-,62-/m1/s1. The number of aliphatic hydroxyl groups excluding tert-OH is 1. The average molecular weight is 1230 g/mol. The fourth-order valence-corrected chi connectivity index (χ4v) is 14.5. The summed E-state index contributed by atoms with van der Waals surface area (Å²) in [6.45, 7) is 17.2. The van der Waals surface area contributed by atoms with E-state index in [1.807, 2.05) is 57.2 Å². The quantitative estimate of drug-likeness (QED) is 0.0634. The van der Waals surface area contributed by atoms with Crippen molar-refractivity contribution in [3.05, 3.63) is 123 Å². The molecule has 5 amide bonds. The van der Waals surface area contributed by atoms with Crippen molar-refractivity contribution in [3.8, 4) is 0 Å². The highest BCUT2D eigenvalue weighted by atomic mass is 35.5. The van der Waals surface area contributed by atoms with Crippen LogP contribution in [0.3, 0.4) is 0 Å². The topological polar surface area (TPSA) is 190 Å². The Morgan fingerprint density at radius 2 is 1.50 bits per heavy atom. The molecule has 3 aromatic carbocycles. The van der Waals surface area contributed by atoms with Crippen molar-refractivity contribution in [2.45, 2.75) is 127 Å². The van der Waals surface area contributed by atoms with Crippen LogP contribution in [0.4, 0.5) is 14.6 Å². The summed E-state index contributed by atoms with van der Waals surface area (Å²) < 4.78 is 27.6. The van der Waals surface area contributed by atoms with Gasteiger partial charge in [0, 0.05) is 138 Å². The lowest BCUT2D eigenvalue weighted by Gasteiger charge is -2.41. The molecule has 4 N–H and O–H groups in total. The fourth-order valence-electron chi connectivity index (χ4n) is 14.3. The minimum absolute atomic E-state index is 0.00386. The Hall–Kier alpha value is -6.16. The van der Waals surface area contributed by atoms with Crippen LogP contribution in [0.15, 0.2) is 73.1 Å². The van der Waals surface area contributed by atoms with Crippen molar-refractivity contribution < 1.29 is 37.9 Å². The van der Waals surface area contributed by atoms with Gasteiger partial charge in [0.1, 0.15) is 29.8 Å². The Kier molecular flexibility index (Phi) is 22.5. The van der Waals surface area contributed by atoms with Crippen LogP contribution in [0.25, 0.3) is 0 Å². The smallest absolute Gasteiger partial charge is 0.251 e. The van der Waals surface area contributed by atoms with Crippen molar-refractivity contribution in [2.24, 2.45) is 11.8 Å². The molecule has 1 unspecified atom stereocenters. The Bertz CT molecular complexity index is 3020. The maximum atomic E-state index is 14.6. The molecule has 0 bridgehead atoms. The zero-order valence-electron chi connectivity index (χ0n) is 51.7. The number of rotatable bonds is 22. The lowest BCUT2D eigenvalue weighted by atomic mass is 9.83. The fraction of sp³-hybridized carbons (Fsp3) is 0.597. The molecule has 5 atom stereocenters. The minimum Gasteiger partial charge on any atom is -0.387 e. The molecule has 0 spiro atoms. The van der Waals surface area contributed by atoms with E-state index < -0.39 is 29.7 Å². The summed E-state index contributed by atoms with van der Waals surface area (Å²) in [5.41, 5.74) is 4.38. The predicted molar refractivity (Wildman–Crippen MR) is 336 cm³/mol. The number of benzene rings is 3. The van der Waals surface area contributed by atoms with Gasteiger partial charge < -0.3 is 40.7 Å². The number of halogens is 3. The van der Waals surface area contributed by atoms with E-state index in [1.54, 1.807) is 6.07 Å². The van der Waals surface area contributed by atoms with Crippen LogP contribution in [0.1, 0.15) is 147 Å². The third kappa shape index (κ3) is 16.6. The van der Waals surface area contributed by atoms with E-state index in [4.69, 9.17) is 11.6 Å². The molecule has 0 radical (unpaired) electrons. The second-order valence-corrected chi connectivity index (χ2v) is 26.3. The Balaban J connectivity index is 0.648. The molecule has 18 nitrogen and oxygen atoms in total. The minimum atomic E-state index is -0.654. The van der Waals surface area contributed by atoms with Gasteiger partial charge in [-0.3, -0.25) is 38.7 Å². The third-order valence-corrected chi connectivity index (χ3v) is 19.8. The molecule has 4 aliphatic heterocycles. The number of carbonyl (C=O) groups excluding carboxylic acids is 5. The van der Waals surface area contributed by atoms with Crippen molar-refractivity contribution >= 4 is 47.0 Å². The number of hydrogen-bond donors (Lipinski definition) is 4. The number of piperidine rings is 2. The number of aromatic nitrogens is 2. The second-order valence-electron chi connectivity index (χ2n) is 25.8. The van der Waals surface area contributed by atoms with Crippen LogP contribution in [-0.2, 0) is 25.7 Å². The molecule has 6 aliphatic rings. The molecule has 21 heteroatoms. The Morgan fingerprint density at radius 1 is 0.773 bits per heavy atom. The lowest BCUT2D eigenvalue weighted by Crippen LogP contribution is -2.57. The molecule has 10 rings (SSSR count). The predicted octanol–water partition coefficient (Wildman–Crippen LogP) is 6.94. The summed E-state index contributed by atoms with van der Waals surface area (Å²) in [4.78, 5) is 93.9. The summed E-state index contributed by atoms with van der Waals surface area (Å²) in [6, 6.07) is 18.1. The van der Waals surface area contributed by atoms with E-state index in [0.717, 1.165) is 119 Å². The van der Waals surface area contributed by atoms with Crippen LogP contribution >= 0.6 is 11.6 Å². The van der Waals surface area contributed by atoms with E-state index in [0.29, 0.717) is 113 Å². The van der Waals surface area contributed by atoms with Gasteiger partial charge in [-0.25, -0.2) is 18.7 Å². The first kappa shape index (κ1) is 64.8. The largest absolute Gasteiger partial charge is 0.387 e. The maximum absolute atomic E-state index is 14.6. The number of piperazine rings is 2. The normalized spacial score (nSPS) is 21.6. The van der Waals surface area contributed by atoms with Crippen LogP contribution in [0.2, 0.25) is 5.02 Å². The van der Waals surface area contributed by atoms with E-state index in [-0.39, 0.29) is 66.4 Å². The second kappa shape index (κ2) is 30.6. The number of fused-ring (bicyclic) bond motifs is 1. The highest BCUT2D eigenvalue weighted by molar-refractivity contribution is 6.30. The van der Waals surface area contributed by atoms with E-state index in [9.17, 15) is 37.9 Å². The first-order chi connectivity index (χ1) is 42.5. The summed E-state index contributed by atoms with van der Waals surface area (Å²) in [5.74, 6) is -0.450. The highest BCUT2D eigenvalue weighted by Gasteiger charge is 2.38. The number of carbonyl (C=O) groups is 5. The van der Waals surface area contributed by atoms with Crippen molar-refractivity contribution in [1.29, 1.82) is 0 Å². The molecule has 88 heavy (non-hydrogen) atoms. The first-order valence-electron chi connectivity index (χ1n) is 32.4. The number of aliphatic hydroxyl groups is 1. The SMILES string of the molecule is CC(C)N(CCNC(=O)CN1CCC(CN2CCN(C(=O)[C@H](NC(=O)c3cccc(C4CCCN(C(=O)CNCc5ccc(F)cc5F)C4)c3)C3CCCCC3)CC2)CC1)C[C@@H](C(=O)N1CCN(c2ncnc3c2[C@H](C)C[C@H]3O)CC1)c1ccc(Cl)cc1. The van der Waals surface area contributed by atoms with Gasteiger partial charge in [-0.05, 0) is 131 Å². The molecule has 5 heterocycles. The molecule has 5 fully saturated rings. The number of amides is 5. The van der Waals surface area contributed by atoms with Gasteiger partial charge in [0.2, 0.25) is 23.6 Å². The van der Waals surface area contributed by atoms with E-state index in [2.05, 4.69) is 66.3 Å². The maximum Gasteiger partial charge on any atom is 0.251 e. The summed E-state index contributed by atoms with van der Waals surface area (Å²) in [7, 11) is 0. The monoisotopic (exact) mass is 1230 g/mol. The van der Waals surface area contributed by atoms with Gasteiger partial charge in [-0.15, -0.1) is 0 Å².